The van der Waals surface area contributed by atoms with Crippen molar-refractivity contribution in [3.05, 3.63) is 40.7 Å². The molecule has 1 atom stereocenters. The maximum atomic E-state index is 6.13. The highest BCUT2D eigenvalue weighted by Crippen LogP contribution is 2.22. The van der Waals surface area contributed by atoms with Gasteiger partial charge in [0.2, 0.25) is 0 Å². The van der Waals surface area contributed by atoms with Crippen molar-refractivity contribution in [2.24, 2.45) is 16.6 Å². The molecule has 1 aromatic heterocycles. The lowest BCUT2D eigenvalue weighted by molar-refractivity contribution is 0.270. The Labute approximate surface area is 158 Å². The van der Waals surface area contributed by atoms with Crippen molar-refractivity contribution in [2.45, 2.75) is 26.3 Å². The summed E-state index contributed by atoms with van der Waals surface area (Å²) in [6.07, 6.45) is 2.49. The number of thiazole rings is 1. The minimum Gasteiger partial charge on any atom is -0.370 e. The third-order valence-corrected chi connectivity index (χ3v) is 4.81. The Balaban J connectivity index is 0.00000192. The van der Waals surface area contributed by atoms with Gasteiger partial charge in [0.15, 0.2) is 5.96 Å². The van der Waals surface area contributed by atoms with Crippen LogP contribution in [0.5, 0.6) is 0 Å². The second-order valence-corrected chi connectivity index (χ2v) is 6.80. The summed E-state index contributed by atoms with van der Waals surface area (Å²) in [5.74, 6) is 1.36. The third-order valence-electron chi connectivity index (χ3n) is 3.98. The van der Waals surface area contributed by atoms with Crippen LogP contribution in [0.15, 0.2) is 40.7 Å². The zero-order chi connectivity index (χ0) is 15.4. The maximum Gasteiger partial charge on any atom is 0.191 e. The molecule has 0 saturated carbocycles. The first-order valence-electron chi connectivity index (χ1n) is 7.77. The summed E-state index contributed by atoms with van der Waals surface area (Å²) in [6.45, 7) is 4.87. The Morgan fingerprint density at radius 1 is 1.39 bits per heavy atom. The molecular formula is C17H23IN4S. The summed E-state index contributed by atoms with van der Waals surface area (Å²) < 4.78 is 0. The molecule has 3 rings (SSSR count). The van der Waals surface area contributed by atoms with Crippen LogP contribution in [-0.2, 0) is 6.54 Å². The molecule has 0 spiro atoms. The summed E-state index contributed by atoms with van der Waals surface area (Å²) in [4.78, 5) is 11.4. The van der Waals surface area contributed by atoms with Crippen molar-refractivity contribution in [1.82, 2.24) is 9.88 Å². The first-order valence-corrected chi connectivity index (χ1v) is 8.65. The standard InChI is InChI=1S/C17H22N4S.HI/c1-13-6-5-9-21(11-13)17(18)19-10-16-20-15(12-22-16)14-7-3-2-4-8-14;/h2-4,7-8,12-13H,5-6,9-11H2,1H3,(H2,18,19);1H. The molecule has 124 valence electrons. The summed E-state index contributed by atoms with van der Waals surface area (Å²) in [5, 5.41) is 3.09. The average Bonchev–Trinajstić information content (AvgIpc) is 3.02. The number of rotatable bonds is 3. The van der Waals surface area contributed by atoms with Gasteiger partial charge in [-0.1, -0.05) is 37.3 Å². The van der Waals surface area contributed by atoms with E-state index in [2.05, 4.69) is 39.3 Å². The minimum absolute atomic E-state index is 0. The summed E-state index contributed by atoms with van der Waals surface area (Å²) in [7, 11) is 0. The molecule has 2 aromatic rings. The van der Waals surface area contributed by atoms with Crippen LogP contribution in [-0.4, -0.2) is 28.9 Å². The van der Waals surface area contributed by atoms with E-state index in [-0.39, 0.29) is 24.0 Å². The van der Waals surface area contributed by atoms with Gasteiger partial charge in [0.25, 0.3) is 0 Å². The molecule has 0 amide bonds. The van der Waals surface area contributed by atoms with Gasteiger partial charge in [0, 0.05) is 24.0 Å². The molecule has 1 saturated heterocycles. The van der Waals surface area contributed by atoms with Gasteiger partial charge in [0.1, 0.15) is 5.01 Å². The van der Waals surface area contributed by atoms with Gasteiger partial charge in [-0.15, -0.1) is 35.3 Å². The van der Waals surface area contributed by atoms with Crippen LogP contribution in [0.1, 0.15) is 24.8 Å². The second-order valence-electron chi connectivity index (χ2n) is 5.86. The number of halogens is 1. The smallest absolute Gasteiger partial charge is 0.191 e. The van der Waals surface area contributed by atoms with Crippen molar-refractivity contribution >= 4 is 41.3 Å². The van der Waals surface area contributed by atoms with E-state index in [1.807, 2.05) is 18.2 Å². The van der Waals surface area contributed by atoms with Crippen LogP contribution in [0.4, 0.5) is 0 Å². The quantitative estimate of drug-likeness (QED) is 0.445. The van der Waals surface area contributed by atoms with Gasteiger partial charge in [-0.05, 0) is 18.8 Å². The number of guanidine groups is 1. The van der Waals surface area contributed by atoms with Crippen molar-refractivity contribution in [1.29, 1.82) is 0 Å². The highest BCUT2D eigenvalue weighted by molar-refractivity contribution is 14.0. The number of likely N-dealkylation sites (tertiary alicyclic amines) is 1. The fourth-order valence-corrected chi connectivity index (χ4v) is 3.50. The summed E-state index contributed by atoms with van der Waals surface area (Å²) in [6, 6.07) is 10.2. The first kappa shape index (κ1) is 18.2. The Hall–Kier alpha value is -1.15. The zero-order valence-corrected chi connectivity index (χ0v) is 16.5. The minimum atomic E-state index is 0. The fraction of sp³-hybridized carbons (Fsp3) is 0.412. The maximum absolute atomic E-state index is 6.13. The topological polar surface area (TPSA) is 54.5 Å². The van der Waals surface area contributed by atoms with E-state index >= 15 is 0 Å². The van der Waals surface area contributed by atoms with Crippen LogP contribution in [0.25, 0.3) is 11.3 Å². The molecule has 1 aliphatic rings. The highest BCUT2D eigenvalue weighted by Gasteiger charge is 2.17. The van der Waals surface area contributed by atoms with Gasteiger partial charge in [-0.2, -0.15) is 0 Å². The first-order chi connectivity index (χ1) is 10.7. The second kappa shape index (κ2) is 8.63. The van der Waals surface area contributed by atoms with Crippen LogP contribution in [0, 0.1) is 5.92 Å². The normalized spacial score (nSPS) is 18.6. The molecule has 2 N–H and O–H groups in total. The number of aromatic nitrogens is 1. The van der Waals surface area contributed by atoms with Crippen molar-refractivity contribution in [2.75, 3.05) is 13.1 Å². The SMILES string of the molecule is CC1CCCN(C(N)=NCc2nc(-c3ccccc3)cs2)C1.I. The van der Waals surface area contributed by atoms with E-state index in [0.717, 1.165) is 29.4 Å². The summed E-state index contributed by atoms with van der Waals surface area (Å²) in [5.41, 5.74) is 8.29. The van der Waals surface area contributed by atoms with E-state index in [4.69, 9.17) is 5.73 Å². The number of aliphatic imine (C=N–C) groups is 1. The number of hydrogen-bond acceptors (Lipinski definition) is 3. The summed E-state index contributed by atoms with van der Waals surface area (Å²) >= 11 is 1.64. The molecule has 2 heterocycles. The van der Waals surface area contributed by atoms with Crippen LogP contribution < -0.4 is 5.73 Å². The molecule has 0 radical (unpaired) electrons. The van der Waals surface area contributed by atoms with E-state index in [9.17, 15) is 0 Å². The molecule has 0 bridgehead atoms. The van der Waals surface area contributed by atoms with Crippen LogP contribution >= 0.6 is 35.3 Å². The monoisotopic (exact) mass is 442 g/mol. The number of piperidine rings is 1. The Morgan fingerprint density at radius 3 is 2.91 bits per heavy atom. The molecule has 0 aliphatic carbocycles. The van der Waals surface area contributed by atoms with Crippen molar-refractivity contribution in [3.8, 4) is 11.3 Å². The molecule has 1 aromatic carbocycles. The Morgan fingerprint density at radius 2 is 2.17 bits per heavy atom. The van der Waals surface area contributed by atoms with Gasteiger partial charge in [-0.25, -0.2) is 9.98 Å². The van der Waals surface area contributed by atoms with Crippen LogP contribution in [0.3, 0.4) is 0 Å². The lowest BCUT2D eigenvalue weighted by Gasteiger charge is -2.31. The van der Waals surface area contributed by atoms with Crippen molar-refractivity contribution < 1.29 is 0 Å². The average molecular weight is 442 g/mol. The van der Waals surface area contributed by atoms with Gasteiger partial charge < -0.3 is 10.6 Å². The zero-order valence-electron chi connectivity index (χ0n) is 13.3. The van der Waals surface area contributed by atoms with E-state index in [1.54, 1.807) is 11.3 Å². The molecular weight excluding hydrogens is 419 g/mol. The van der Waals surface area contributed by atoms with E-state index in [0.29, 0.717) is 18.4 Å². The molecule has 6 heteroatoms. The third kappa shape index (κ3) is 4.91. The number of nitrogens with zero attached hydrogens (tertiary/aromatic N) is 3. The number of nitrogens with two attached hydrogens (primary N) is 1. The lowest BCUT2D eigenvalue weighted by Crippen LogP contribution is -2.43. The van der Waals surface area contributed by atoms with E-state index in [1.165, 1.54) is 12.8 Å². The van der Waals surface area contributed by atoms with Crippen LogP contribution in [0.2, 0.25) is 0 Å². The van der Waals surface area contributed by atoms with Crippen molar-refractivity contribution in [3.63, 3.8) is 0 Å². The van der Waals surface area contributed by atoms with E-state index < -0.39 is 0 Å². The molecule has 1 unspecified atom stereocenters. The predicted octanol–water partition coefficient (Wildman–Crippen LogP) is 3.97. The molecule has 1 aliphatic heterocycles. The van der Waals surface area contributed by atoms with Gasteiger partial charge in [-0.3, -0.25) is 0 Å². The molecule has 23 heavy (non-hydrogen) atoms. The number of benzene rings is 1. The largest absolute Gasteiger partial charge is 0.370 e. The Bertz CT molecular complexity index is 641. The fourth-order valence-electron chi connectivity index (χ4n) is 2.77. The lowest BCUT2D eigenvalue weighted by atomic mass is 10.0. The van der Waals surface area contributed by atoms with Gasteiger partial charge in [0.05, 0.1) is 12.2 Å². The highest BCUT2D eigenvalue weighted by atomic mass is 127. The van der Waals surface area contributed by atoms with Gasteiger partial charge >= 0.3 is 0 Å². The molecule has 1 fully saturated rings. The Kier molecular flexibility index (Phi) is 6.83. The predicted molar refractivity (Wildman–Crippen MR) is 108 cm³/mol. The molecule has 4 nitrogen and oxygen atoms in total. The number of hydrogen-bond donors (Lipinski definition) is 1.